The number of aliphatic imine (C=N–C) groups is 1. The molecule has 0 radical (unpaired) electrons. The molecule has 2 aliphatic rings. The number of hydrogen-bond donors (Lipinski definition) is 0. The molecule has 0 aromatic heterocycles. The molecule has 0 N–H and O–H groups in total. The Morgan fingerprint density at radius 3 is 2.41 bits per heavy atom. The maximum atomic E-state index is 4.17. The van der Waals surface area contributed by atoms with E-state index in [-0.39, 0.29) is 5.41 Å². The molecule has 3 heteroatoms. The molecule has 1 heterocycles. The molecule has 0 amide bonds. The third-order valence-corrected chi connectivity index (χ3v) is 5.37. The van der Waals surface area contributed by atoms with Crippen LogP contribution in [0.2, 0.25) is 0 Å². The molecular formula is C24H36N2S. The highest BCUT2D eigenvalue weighted by Crippen LogP contribution is 2.34. The van der Waals surface area contributed by atoms with Crippen LogP contribution in [0.15, 0.2) is 76.6 Å². The van der Waals surface area contributed by atoms with E-state index in [0.717, 1.165) is 36.2 Å². The van der Waals surface area contributed by atoms with Crippen LogP contribution in [0.4, 0.5) is 0 Å². The highest BCUT2D eigenvalue weighted by Gasteiger charge is 2.22. The highest BCUT2D eigenvalue weighted by atomic mass is 32.2. The monoisotopic (exact) mass is 384 g/mol. The van der Waals surface area contributed by atoms with E-state index in [0.29, 0.717) is 0 Å². The van der Waals surface area contributed by atoms with Crippen LogP contribution in [0.3, 0.4) is 0 Å². The summed E-state index contributed by atoms with van der Waals surface area (Å²) in [5.41, 5.74) is 7.30. The average Bonchev–Trinajstić information content (AvgIpc) is 2.64. The Kier molecular flexibility index (Phi) is 9.11. The van der Waals surface area contributed by atoms with Crippen LogP contribution < -0.4 is 0 Å². The Bertz CT molecular complexity index is 696. The summed E-state index contributed by atoms with van der Waals surface area (Å²) >= 11 is 1.89. The predicted octanol–water partition coefficient (Wildman–Crippen LogP) is 6.57. The molecule has 0 saturated heterocycles. The molecule has 0 bridgehead atoms. The molecule has 148 valence electrons. The van der Waals surface area contributed by atoms with Crippen LogP contribution >= 0.6 is 11.8 Å². The van der Waals surface area contributed by atoms with E-state index in [1.165, 1.54) is 22.6 Å². The first-order valence-corrected chi connectivity index (χ1v) is 10.9. The lowest BCUT2D eigenvalue weighted by Gasteiger charge is -2.25. The van der Waals surface area contributed by atoms with Crippen molar-refractivity contribution in [2.45, 2.75) is 40.5 Å². The van der Waals surface area contributed by atoms with Crippen LogP contribution in [-0.4, -0.2) is 36.7 Å². The number of hydrogen-bond acceptors (Lipinski definition) is 3. The van der Waals surface area contributed by atoms with Crippen LogP contribution in [-0.2, 0) is 0 Å². The first-order valence-electron chi connectivity index (χ1n) is 9.49. The second kappa shape index (κ2) is 10.6. The zero-order valence-corrected chi connectivity index (χ0v) is 18.9. The fourth-order valence-electron chi connectivity index (χ4n) is 2.63. The molecular weight excluding hydrogens is 348 g/mol. The quantitative estimate of drug-likeness (QED) is 0.461. The summed E-state index contributed by atoms with van der Waals surface area (Å²) in [6.45, 7) is 21.4. The van der Waals surface area contributed by atoms with Gasteiger partial charge in [-0.05, 0) is 59.8 Å². The molecule has 0 fully saturated rings. The van der Waals surface area contributed by atoms with Gasteiger partial charge in [-0.15, -0.1) is 0 Å². The van der Waals surface area contributed by atoms with Crippen molar-refractivity contribution in [3.05, 3.63) is 71.7 Å². The normalized spacial score (nSPS) is 15.8. The number of nitrogens with zero attached hydrogens (tertiary/aromatic N) is 2. The largest absolute Gasteiger partial charge is 0.377 e. The van der Waals surface area contributed by atoms with E-state index in [4.69, 9.17) is 0 Å². The van der Waals surface area contributed by atoms with E-state index in [9.17, 15) is 0 Å². The summed E-state index contributed by atoms with van der Waals surface area (Å²) in [6.07, 6.45) is 12.6. The van der Waals surface area contributed by atoms with Gasteiger partial charge >= 0.3 is 0 Å². The lowest BCUT2D eigenvalue weighted by molar-refractivity contribution is 0.425. The van der Waals surface area contributed by atoms with Gasteiger partial charge < -0.3 is 4.90 Å². The van der Waals surface area contributed by atoms with Crippen molar-refractivity contribution in [3.8, 4) is 0 Å². The molecule has 0 spiro atoms. The van der Waals surface area contributed by atoms with Gasteiger partial charge in [-0.25, -0.2) is 0 Å². The molecule has 27 heavy (non-hydrogen) atoms. The van der Waals surface area contributed by atoms with E-state index in [1.807, 2.05) is 24.1 Å². The smallest absolute Gasteiger partial charge is 0.0705 e. The average molecular weight is 385 g/mol. The van der Waals surface area contributed by atoms with Crippen molar-refractivity contribution in [2.24, 2.45) is 10.4 Å². The first kappa shape index (κ1) is 23.3. The Balaban J connectivity index is 0.000000289. The van der Waals surface area contributed by atoms with Crippen molar-refractivity contribution < 1.29 is 0 Å². The summed E-state index contributed by atoms with van der Waals surface area (Å²) in [6, 6.07) is 0. The second-order valence-corrected chi connectivity index (χ2v) is 8.98. The van der Waals surface area contributed by atoms with Crippen molar-refractivity contribution >= 4 is 18.0 Å². The van der Waals surface area contributed by atoms with Gasteiger partial charge in [0.05, 0.1) is 5.70 Å². The molecule has 0 aromatic rings. The second-order valence-electron chi connectivity index (χ2n) is 8.00. The van der Waals surface area contributed by atoms with Crippen molar-refractivity contribution in [1.82, 2.24) is 4.90 Å². The standard InChI is InChI=1S/C14H21NS.C10H15N/c1-5-12(2)13-7-6-8-14(11-13)15(3)9-10-16-4;1-7-6-11-9(7)8(2)10(3,4)5/h5,7,11H,1-2,6,8-10H2,3-4H3;6H,2H2,1,3-5H3. The Labute approximate surface area is 171 Å². The Hall–Kier alpha value is -1.74. The van der Waals surface area contributed by atoms with E-state index >= 15 is 0 Å². The SMILES string of the molecule is C=C(C1=C(C)C=N1)C(C)(C)C.C=CC(=C)C1=CCCC(N(C)CCSC)=C1. The molecule has 0 saturated carbocycles. The van der Waals surface area contributed by atoms with E-state index in [1.54, 1.807) is 0 Å². The van der Waals surface area contributed by atoms with Gasteiger partial charge in [0.1, 0.15) is 0 Å². The van der Waals surface area contributed by atoms with Crippen LogP contribution in [0.25, 0.3) is 0 Å². The van der Waals surface area contributed by atoms with Gasteiger partial charge in [0, 0.05) is 31.3 Å². The number of rotatable bonds is 7. The highest BCUT2D eigenvalue weighted by molar-refractivity contribution is 7.98. The van der Waals surface area contributed by atoms with Crippen molar-refractivity contribution in [2.75, 3.05) is 25.6 Å². The lowest BCUT2D eigenvalue weighted by Crippen LogP contribution is -2.21. The van der Waals surface area contributed by atoms with Crippen molar-refractivity contribution in [3.63, 3.8) is 0 Å². The first-order chi connectivity index (χ1) is 12.6. The molecule has 0 aromatic carbocycles. The number of thioether (sulfide) groups is 1. The molecule has 2 nitrogen and oxygen atoms in total. The Morgan fingerprint density at radius 1 is 1.33 bits per heavy atom. The summed E-state index contributed by atoms with van der Waals surface area (Å²) in [7, 11) is 2.17. The zero-order valence-electron chi connectivity index (χ0n) is 18.1. The maximum Gasteiger partial charge on any atom is 0.0705 e. The molecule has 1 aliphatic carbocycles. The van der Waals surface area contributed by atoms with Crippen LogP contribution in [0.5, 0.6) is 0 Å². The minimum atomic E-state index is 0.147. The van der Waals surface area contributed by atoms with Gasteiger partial charge in [0.25, 0.3) is 0 Å². The fraction of sp³-hybridized carbons (Fsp3) is 0.458. The minimum Gasteiger partial charge on any atom is -0.377 e. The fourth-order valence-corrected chi connectivity index (χ4v) is 3.09. The van der Waals surface area contributed by atoms with Gasteiger partial charge in [-0.3, -0.25) is 4.99 Å². The van der Waals surface area contributed by atoms with Crippen LogP contribution in [0.1, 0.15) is 40.5 Å². The van der Waals surface area contributed by atoms with Gasteiger partial charge in [0.2, 0.25) is 0 Å². The molecule has 0 unspecified atom stereocenters. The summed E-state index contributed by atoms with van der Waals surface area (Å²) in [4.78, 5) is 6.52. The predicted molar refractivity (Wildman–Crippen MR) is 126 cm³/mol. The maximum absolute atomic E-state index is 4.17. The summed E-state index contributed by atoms with van der Waals surface area (Å²) in [5, 5.41) is 0. The molecule has 1 aliphatic heterocycles. The van der Waals surface area contributed by atoms with Crippen LogP contribution in [0, 0.1) is 5.41 Å². The number of allylic oxidation sites excluding steroid dienone is 8. The van der Waals surface area contributed by atoms with Gasteiger partial charge in [0.15, 0.2) is 0 Å². The van der Waals surface area contributed by atoms with E-state index in [2.05, 4.69) is 82.8 Å². The van der Waals surface area contributed by atoms with E-state index < -0.39 is 0 Å². The molecule has 0 atom stereocenters. The third-order valence-electron chi connectivity index (χ3n) is 4.78. The van der Waals surface area contributed by atoms with Crippen molar-refractivity contribution in [1.29, 1.82) is 0 Å². The summed E-state index contributed by atoms with van der Waals surface area (Å²) in [5.74, 6) is 1.18. The van der Waals surface area contributed by atoms with Gasteiger partial charge in [-0.2, -0.15) is 11.8 Å². The lowest BCUT2D eigenvalue weighted by atomic mass is 9.83. The summed E-state index contributed by atoms with van der Waals surface area (Å²) < 4.78 is 0. The van der Waals surface area contributed by atoms with Gasteiger partial charge in [-0.1, -0.05) is 52.7 Å². The topological polar surface area (TPSA) is 15.6 Å². The third kappa shape index (κ3) is 7.06. The molecule has 2 rings (SSSR count). The Morgan fingerprint density at radius 2 is 2.00 bits per heavy atom. The minimum absolute atomic E-state index is 0.147. The zero-order chi connectivity index (χ0) is 20.6.